The van der Waals surface area contributed by atoms with Gasteiger partial charge in [-0.05, 0) is 43.4 Å². The Hall–Kier alpha value is -1.88. The van der Waals surface area contributed by atoms with Crippen LogP contribution in [-0.4, -0.2) is 35.8 Å². The zero-order chi connectivity index (χ0) is 16.9. The van der Waals surface area contributed by atoms with Crippen LogP contribution in [0.2, 0.25) is 0 Å². The third-order valence-corrected chi connectivity index (χ3v) is 5.30. The van der Waals surface area contributed by atoms with Gasteiger partial charge in [0, 0.05) is 37.2 Å². The molecular weight excluding hydrogens is 302 g/mol. The first-order chi connectivity index (χ1) is 11.7. The summed E-state index contributed by atoms with van der Waals surface area (Å²) in [6.45, 7) is 1.84. The van der Waals surface area contributed by atoms with Gasteiger partial charge in [-0.2, -0.15) is 0 Å². The molecule has 0 aromatic heterocycles. The molecule has 1 unspecified atom stereocenters. The zero-order valence-electron chi connectivity index (χ0n) is 14.2. The van der Waals surface area contributed by atoms with Gasteiger partial charge >= 0.3 is 0 Å². The number of hydrogen-bond donors (Lipinski definition) is 2. The van der Waals surface area contributed by atoms with Crippen LogP contribution in [0, 0.1) is 5.92 Å². The topological polar surface area (TPSA) is 75.4 Å². The Morgan fingerprint density at radius 3 is 2.46 bits per heavy atom. The molecule has 1 saturated heterocycles. The van der Waals surface area contributed by atoms with Crippen molar-refractivity contribution in [3.63, 3.8) is 0 Å². The number of nitrogens with zero attached hydrogens (tertiary/aromatic N) is 1. The molecule has 1 heterocycles. The lowest BCUT2D eigenvalue weighted by atomic mass is 10.1. The maximum absolute atomic E-state index is 12.6. The molecule has 1 aromatic rings. The Balaban J connectivity index is 1.55. The van der Waals surface area contributed by atoms with Crippen LogP contribution >= 0.6 is 0 Å². The van der Waals surface area contributed by atoms with Crippen molar-refractivity contribution in [2.75, 3.05) is 13.1 Å². The van der Waals surface area contributed by atoms with Crippen LogP contribution in [-0.2, 0) is 11.3 Å². The van der Waals surface area contributed by atoms with Crippen LogP contribution < -0.4 is 11.1 Å². The summed E-state index contributed by atoms with van der Waals surface area (Å²) in [4.78, 5) is 26.5. The summed E-state index contributed by atoms with van der Waals surface area (Å²) in [6, 6.07) is 7.73. The molecule has 1 atom stereocenters. The minimum atomic E-state index is 0.0597. The number of nitrogens with one attached hydrogen (secondary N) is 1. The van der Waals surface area contributed by atoms with E-state index in [9.17, 15) is 9.59 Å². The second kappa shape index (κ2) is 7.79. The van der Waals surface area contributed by atoms with Crippen LogP contribution in [0.15, 0.2) is 24.3 Å². The molecule has 1 aliphatic heterocycles. The molecule has 0 bridgehead atoms. The average molecular weight is 329 g/mol. The molecule has 5 nitrogen and oxygen atoms in total. The van der Waals surface area contributed by atoms with E-state index in [4.69, 9.17) is 5.73 Å². The van der Waals surface area contributed by atoms with Crippen LogP contribution in [0.25, 0.3) is 0 Å². The number of amides is 2. The maximum Gasteiger partial charge on any atom is 0.254 e. The SMILES string of the molecule is NCC1CCCN1C(=O)c1ccc(CNC(=O)C2CCCC2)cc1. The van der Waals surface area contributed by atoms with Crippen LogP contribution in [0.4, 0.5) is 0 Å². The molecule has 24 heavy (non-hydrogen) atoms. The maximum atomic E-state index is 12.6. The Labute approximate surface area is 143 Å². The van der Waals surface area contributed by atoms with Crippen LogP contribution in [0.5, 0.6) is 0 Å². The van der Waals surface area contributed by atoms with E-state index in [0.717, 1.165) is 50.6 Å². The van der Waals surface area contributed by atoms with Gasteiger partial charge in [-0.25, -0.2) is 0 Å². The van der Waals surface area contributed by atoms with Crippen molar-refractivity contribution in [3.05, 3.63) is 35.4 Å². The van der Waals surface area contributed by atoms with Crippen molar-refractivity contribution in [3.8, 4) is 0 Å². The number of rotatable bonds is 5. The quantitative estimate of drug-likeness (QED) is 0.868. The van der Waals surface area contributed by atoms with E-state index in [-0.39, 0.29) is 23.8 Å². The predicted octanol–water partition coefficient (Wildman–Crippen LogP) is 2.06. The first-order valence-electron chi connectivity index (χ1n) is 9.06. The van der Waals surface area contributed by atoms with Gasteiger partial charge in [-0.15, -0.1) is 0 Å². The third-order valence-electron chi connectivity index (χ3n) is 5.30. The van der Waals surface area contributed by atoms with E-state index in [1.807, 2.05) is 29.2 Å². The van der Waals surface area contributed by atoms with E-state index in [0.29, 0.717) is 18.7 Å². The highest BCUT2D eigenvalue weighted by molar-refractivity contribution is 5.94. The molecule has 1 aromatic carbocycles. The largest absolute Gasteiger partial charge is 0.352 e. The summed E-state index contributed by atoms with van der Waals surface area (Å²) in [5.74, 6) is 0.411. The van der Waals surface area contributed by atoms with Gasteiger partial charge in [0.15, 0.2) is 0 Å². The van der Waals surface area contributed by atoms with E-state index < -0.39 is 0 Å². The molecule has 3 N–H and O–H groups in total. The van der Waals surface area contributed by atoms with Crippen molar-refractivity contribution in [1.29, 1.82) is 0 Å². The Bertz CT molecular complexity index is 579. The summed E-state index contributed by atoms with van der Waals surface area (Å²) in [6.07, 6.45) is 6.37. The minimum Gasteiger partial charge on any atom is -0.352 e. The molecule has 3 rings (SSSR count). The number of benzene rings is 1. The second-order valence-corrected chi connectivity index (χ2v) is 6.93. The predicted molar refractivity (Wildman–Crippen MR) is 93.4 cm³/mol. The highest BCUT2D eigenvalue weighted by Crippen LogP contribution is 2.24. The van der Waals surface area contributed by atoms with Crippen molar-refractivity contribution in [1.82, 2.24) is 10.2 Å². The van der Waals surface area contributed by atoms with Crippen LogP contribution in [0.1, 0.15) is 54.4 Å². The number of likely N-dealkylation sites (tertiary alicyclic amines) is 1. The Morgan fingerprint density at radius 1 is 1.08 bits per heavy atom. The molecule has 1 aliphatic carbocycles. The summed E-state index contributed by atoms with van der Waals surface area (Å²) in [7, 11) is 0. The number of carbonyl (C=O) groups excluding carboxylic acids is 2. The Kier molecular flexibility index (Phi) is 5.51. The number of hydrogen-bond acceptors (Lipinski definition) is 3. The molecule has 2 amide bonds. The van der Waals surface area contributed by atoms with Crippen molar-refractivity contribution in [2.45, 2.75) is 51.1 Å². The summed E-state index contributed by atoms with van der Waals surface area (Å²) in [5, 5.41) is 3.01. The van der Waals surface area contributed by atoms with Gasteiger partial charge in [-0.3, -0.25) is 9.59 Å². The average Bonchev–Trinajstić information content (AvgIpc) is 3.30. The van der Waals surface area contributed by atoms with Gasteiger partial charge in [0.2, 0.25) is 5.91 Å². The lowest BCUT2D eigenvalue weighted by Crippen LogP contribution is -2.39. The normalized spacial score (nSPS) is 21.2. The molecule has 1 saturated carbocycles. The molecule has 0 radical (unpaired) electrons. The van der Waals surface area contributed by atoms with Gasteiger partial charge in [0.1, 0.15) is 0 Å². The minimum absolute atomic E-state index is 0.0597. The molecule has 0 spiro atoms. The summed E-state index contributed by atoms with van der Waals surface area (Å²) < 4.78 is 0. The monoisotopic (exact) mass is 329 g/mol. The fourth-order valence-electron chi connectivity index (χ4n) is 3.80. The van der Waals surface area contributed by atoms with Crippen molar-refractivity contribution < 1.29 is 9.59 Å². The number of carbonyl (C=O) groups is 2. The fraction of sp³-hybridized carbons (Fsp3) is 0.579. The van der Waals surface area contributed by atoms with Gasteiger partial charge in [0.05, 0.1) is 0 Å². The van der Waals surface area contributed by atoms with E-state index in [2.05, 4.69) is 5.32 Å². The van der Waals surface area contributed by atoms with Crippen LogP contribution in [0.3, 0.4) is 0 Å². The smallest absolute Gasteiger partial charge is 0.254 e. The Morgan fingerprint density at radius 2 is 1.79 bits per heavy atom. The van der Waals surface area contributed by atoms with E-state index in [1.165, 1.54) is 0 Å². The molecular formula is C19H27N3O2. The van der Waals surface area contributed by atoms with Crippen molar-refractivity contribution >= 4 is 11.8 Å². The lowest BCUT2D eigenvalue weighted by molar-refractivity contribution is -0.124. The summed E-state index contributed by atoms with van der Waals surface area (Å²) in [5.41, 5.74) is 7.47. The molecule has 5 heteroatoms. The first-order valence-corrected chi connectivity index (χ1v) is 9.06. The second-order valence-electron chi connectivity index (χ2n) is 6.93. The van der Waals surface area contributed by atoms with E-state index >= 15 is 0 Å². The highest BCUT2D eigenvalue weighted by Gasteiger charge is 2.28. The van der Waals surface area contributed by atoms with Gasteiger partial charge in [-0.1, -0.05) is 25.0 Å². The molecule has 2 fully saturated rings. The van der Waals surface area contributed by atoms with Gasteiger partial charge < -0.3 is 16.0 Å². The first kappa shape index (κ1) is 17.0. The van der Waals surface area contributed by atoms with Gasteiger partial charge in [0.25, 0.3) is 5.91 Å². The number of nitrogens with two attached hydrogens (primary N) is 1. The lowest BCUT2D eigenvalue weighted by Gasteiger charge is -2.23. The molecule has 2 aliphatic rings. The van der Waals surface area contributed by atoms with Crippen molar-refractivity contribution in [2.24, 2.45) is 11.7 Å². The third kappa shape index (κ3) is 3.78. The molecule has 130 valence electrons. The summed E-state index contributed by atoms with van der Waals surface area (Å²) >= 11 is 0. The van der Waals surface area contributed by atoms with E-state index in [1.54, 1.807) is 0 Å². The standard InChI is InChI=1S/C19H27N3O2/c20-12-17-6-3-11-22(17)19(24)16-9-7-14(8-10-16)13-21-18(23)15-4-1-2-5-15/h7-10,15,17H,1-6,11-13,20H2,(H,21,23). The zero-order valence-corrected chi connectivity index (χ0v) is 14.2. The fourth-order valence-corrected chi connectivity index (χ4v) is 3.80. The highest BCUT2D eigenvalue weighted by atomic mass is 16.2.